The number of benzene rings is 2. The lowest BCUT2D eigenvalue weighted by Gasteiger charge is -2.31. The first-order valence-corrected chi connectivity index (χ1v) is 9.08. The molecule has 2 fully saturated rings. The molecule has 0 saturated carbocycles. The summed E-state index contributed by atoms with van der Waals surface area (Å²) in [6, 6.07) is 15.6. The number of anilines is 1. The third kappa shape index (κ3) is 2.57. The molecule has 128 valence electrons. The molecule has 5 heteroatoms. The van der Waals surface area contributed by atoms with Gasteiger partial charge in [0.25, 0.3) is 0 Å². The lowest BCUT2D eigenvalue weighted by atomic mass is 10.1. The summed E-state index contributed by atoms with van der Waals surface area (Å²) in [6.07, 6.45) is 2.86. The van der Waals surface area contributed by atoms with Gasteiger partial charge in [0.05, 0.1) is 23.7 Å². The highest BCUT2D eigenvalue weighted by Gasteiger charge is 2.46. The first kappa shape index (κ1) is 16.3. The Kier molecular flexibility index (Phi) is 4.10. The van der Waals surface area contributed by atoms with Gasteiger partial charge in [0.2, 0.25) is 5.91 Å². The minimum atomic E-state index is 0.110. The van der Waals surface area contributed by atoms with Crippen LogP contribution in [0.5, 0.6) is 0 Å². The number of para-hydroxylation sites is 1. The Morgan fingerprint density at radius 3 is 2.32 bits per heavy atom. The molecule has 2 saturated heterocycles. The van der Waals surface area contributed by atoms with E-state index in [0.29, 0.717) is 24.4 Å². The minimum absolute atomic E-state index is 0.110. The highest BCUT2D eigenvalue weighted by molar-refractivity contribution is 6.34. The lowest BCUT2D eigenvalue weighted by molar-refractivity contribution is -0.124. The Labute approximate surface area is 152 Å². The summed E-state index contributed by atoms with van der Waals surface area (Å²) in [7, 11) is 0. The molecule has 0 aliphatic carbocycles. The van der Waals surface area contributed by atoms with E-state index in [1.165, 1.54) is 0 Å². The Morgan fingerprint density at radius 2 is 1.72 bits per heavy atom. The van der Waals surface area contributed by atoms with Gasteiger partial charge in [-0.1, -0.05) is 29.8 Å². The first-order valence-electron chi connectivity index (χ1n) is 8.70. The molecule has 1 unspecified atom stereocenters. The smallest absolute Gasteiger partial charge is 0.311 e. The van der Waals surface area contributed by atoms with Crippen molar-refractivity contribution in [2.75, 3.05) is 18.0 Å². The normalized spacial score (nSPS) is 23.5. The van der Waals surface area contributed by atoms with Crippen LogP contribution in [0, 0.1) is 0 Å². The van der Waals surface area contributed by atoms with Gasteiger partial charge in [0.1, 0.15) is 11.4 Å². The van der Waals surface area contributed by atoms with Gasteiger partial charge in [0.15, 0.2) is 0 Å². The summed E-state index contributed by atoms with van der Waals surface area (Å²) < 4.78 is 0.203. The van der Waals surface area contributed by atoms with E-state index in [9.17, 15) is 9.59 Å². The molecule has 0 spiro atoms. The second kappa shape index (κ2) is 6.28. The van der Waals surface area contributed by atoms with Crippen molar-refractivity contribution < 1.29 is 9.59 Å². The summed E-state index contributed by atoms with van der Waals surface area (Å²) in [5, 5.41) is 0.529. The number of hydrogen-bond acceptors (Lipinski definition) is 2. The maximum atomic E-state index is 12.9. The zero-order valence-corrected chi connectivity index (χ0v) is 14.7. The maximum absolute atomic E-state index is 12.9. The topological polar surface area (TPSA) is 37.4 Å². The third-order valence-electron chi connectivity index (χ3n) is 5.24. The predicted molar refractivity (Wildman–Crippen MR) is 100 cm³/mol. The summed E-state index contributed by atoms with van der Waals surface area (Å²) in [4.78, 5) is 26.6. The Bertz CT molecular complexity index is 837. The molecule has 4 rings (SSSR count). The first-order chi connectivity index (χ1) is 12.1. The van der Waals surface area contributed by atoms with E-state index in [1.807, 2.05) is 48.5 Å². The molecule has 0 aromatic heterocycles. The number of carbonyl (C=O) groups excluding carboxylic acids is 2. The monoisotopic (exact) mass is 355 g/mol. The Balaban J connectivity index is 1.80. The van der Waals surface area contributed by atoms with Crippen LogP contribution in [0.25, 0.3) is 0 Å². The predicted octanol–water partition coefficient (Wildman–Crippen LogP) is 4.43. The van der Waals surface area contributed by atoms with Gasteiger partial charge in [-0.15, -0.1) is 0 Å². The van der Waals surface area contributed by atoms with Crippen molar-refractivity contribution >= 4 is 40.5 Å². The molecule has 1 atom stereocenters. The fraction of sp³-hybridized carbons (Fsp3) is 0.300. The van der Waals surface area contributed by atoms with Crippen LogP contribution < -0.4 is 9.38 Å². The molecule has 25 heavy (non-hydrogen) atoms. The SMILES string of the molecule is O=C1CCCN1c1ccc([N+]2(c3ccccc3)CCCC2=O)cc1Cl. The van der Waals surface area contributed by atoms with Crippen molar-refractivity contribution in [3.8, 4) is 0 Å². The molecule has 0 N–H and O–H groups in total. The van der Waals surface area contributed by atoms with Crippen molar-refractivity contribution in [1.82, 2.24) is 4.48 Å². The van der Waals surface area contributed by atoms with Crippen LogP contribution in [0.15, 0.2) is 48.5 Å². The standard InChI is InChI=1S/C20H20ClN2O2/c21-17-14-16(10-11-18(17)22-12-4-8-19(22)24)23(13-5-9-20(23)25)15-6-2-1-3-7-15/h1-3,6-7,10-11,14H,4-5,8-9,12-13H2/q+1. The minimum Gasteiger partial charge on any atom is -0.311 e. The zero-order chi connectivity index (χ0) is 17.4. The summed E-state index contributed by atoms with van der Waals surface area (Å²) >= 11 is 6.54. The Morgan fingerprint density at radius 1 is 0.920 bits per heavy atom. The molecule has 2 aromatic rings. The van der Waals surface area contributed by atoms with Gasteiger partial charge >= 0.3 is 5.91 Å². The molecular weight excluding hydrogens is 336 g/mol. The van der Waals surface area contributed by atoms with Crippen molar-refractivity contribution in [3.63, 3.8) is 0 Å². The van der Waals surface area contributed by atoms with Gasteiger partial charge in [-0.3, -0.25) is 4.79 Å². The van der Waals surface area contributed by atoms with Crippen LogP contribution in [0.4, 0.5) is 17.1 Å². The van der Waals surface area contributed by atoms with E-state index in [1.54, 1.807) is 4.90 Å². The van der Waals surface area contributed by atoms with Gasteiger partial charge in [-0.05, 0) is 12.5 Å². The van der Waals surface area contributed by atoms with E-state index in [0.717, 1.165) is 36.4 Å². The number of rotatable bonds is 3. The molecule has 0 bridgehead atoms. The molecule has 2 aromatic carbocycles. The molecule has 2 heterocycles. The number of amides is 2. The van der Waals surface area contributed by atoms with Crippen LogP contribution in [0.2, 0.25) is 5.02 Å². The largest absolute Gasteiger partial charge is 0.324 e. The highest BCUT2D eigenvalue weighted by Crippen LogP contribution is 2.43. The molecule has 2 amide bonds. The van der Waals surface area contributed by atoms with E-state index in [2.05, 4.69) is 0 Å². The van der Waals surface area contributed by atoms with Crippen LogP contribution in [-0.2, 0) is 9.59 Å². The summed E-state index contributed by atoms with van der Waals surface area (Å²) in [6.45, 7) is 1.44. The van der Waals surface area contributed by atoms with Crippen LogP contribution >= 0.6 is 11.6 Å². The van der Waals surface area contributed by atoms with Crippen LogP contribution in [-0.4, -0.2) is 24.9 Å². The van der Waals surface area contributed by atoms with E-state index in [4.69, 9.17) is 11.6 Å². The second-order valence-electron chi connectivity index (χ2n) is 6.65. The number of hydrogen-bond donors (Lipinski definition) is 0. The fourth-order valence-corrected chi connectivity index (χ4v) is 4.29. The fourth-order valence-electron chi connectivity index (χ4n) is 4.02. The summed E-state index contributed by atoms with van der Waals surface area (Å²) in [5.74, 6) is 0.297. The molecule has 0 radical (unpaired) electrons. The van der Waals surface area contributed by atoms with Crippen molar-refractivity contribution in [1.29, 1.82) is 0 Å². The highest BCUT2D eigenvalue weighted by atomic mass is 35.5. The van der Waals surface area contributed by atoms with Crippen molar-refractivity contribution in [3.05, 3.63) is 53.6 Å². The van der Waals surface area contributed by atoms with Crippen molar-refractivity contribution in [2.45, 2.75) is 25.7 Å². The van der Waals surface area contributed by atoms with E-state index >= 15 is 0 Å². The average Bonchev–Trinajstić information content (AvgIpc) is 3.22. The van der Waals surface area contributed by atoms with Gasteiger partial charge in [-0.2, -0.15) is 4.48 Å². The number of carbonyl (C=O) groups is 2. The number of halogens is 1. The lowest BCUT2D eigenvalue weighted by Crippen LogP contribution is -2.45. The third-order valence-corrected chi connectivity index (χ3v) is 5.55. The second-order valence-corrected chi connectivity index (χ2v) is 7.06. The van der Waals surface area contributed by atoms with Crippen molar-refractivity contribution in [2.24, 2.45) is 0 Å². The van der Waals surface area contributed by atoms with Gasteiger partial charge in [-0.25, -0.2) is 4.79 Å². The Hall–Kier alpha value is -2.17. The number of quaternary nitrogens is 1. The van der Waals surface area contributed by atoms with E-state index in [-0.39, 0.29) is 16.3 Å². The van der Waals surface area contributed by atoms with Gasteiger partial charge < -0.3 is 4.90 Å². The zero-order valence-electron chi connectivity index (χ0n) is 14.0. The molecule has 2 aliphatic heterocycles. The molecule has 2 aliphatic rings. The quantitative estimate of drug-likeness (QED) is 0.764. The van der Waals surface area contributed by atoms with Gasteiger partial charge in [0, 0.05) is 43.7 Å². The van der Waals surface area contributed by atoms with Crippen LogP contribution in [0.3, 0.4) is 0 Å². The number of nitrogens with zero attached hydrogens (tertiary/aromatic N) is 2. The molecule has 4 nitrogen and oxygen atoms in total. The van der Waals surface area contributed by atoms with E-state index < -0.39 is 0 Å². The average molecular weight is 356 g/mol. The van der Waals surface area contributed by atoms with Crippen LogP contribution in [0.1, 0.15) is 25.7 Å². The molecular formula is C20H20ClN2O2+. The summed E-state index contributed by atoms with van der Waals surface area (Å²) in [5.41, 5.74) is 2.57. The maximum Gasteiger partial charge on any atom is 0.324 e.